The Morgan fingerprint density at radius 2 is 0.487 bits per heavy atom. The van der Waals surface area contributed by atoms with Crippen LogP contribution in [0.5, 0.6) is 0 Å². The van der Waals surface area contributed by atoms with E-state index < -0.39 is 6.10 Å². The zero-order valence-electron chi connectivity index (χ0n) is 52.7. The molecule has 6 heteroatoms. The maximum atomic E-state index is 12.9. The zero-order chi connectivity index (χ0) is 56.4. The van der Waals surface area contributed by atoms with E-state index >= 15 is 0 Å². The molecular formula is C72H134O6. The maximum absolute atomic E-state index is 12.9. The number of unbranched alkanes of at least 4 members (excludes halogenated alkanes) is 48. The SMILES string of the molecule is CCC/C=C\CCCCCCCC(=O)OCC(COC(=O)CCCCCCCCCCCCCCCCC/C=C\C/C=C\CCCCCCC)OC(=O)CCCCCCCCCCCCCCCCCCCCCCCCC. The summed E-state index contributed by atoms with van der Waals surface area (Å²) < 4.78 is 16.9. The van der Waals surface area contributed by atoms with Gasteiger partial charge in [-0.3, -0.25) is 14.4 Å². The summed E-state index contributed by atoms with van der Waals surface area (Å²) in [5.41, 5.74) is 0. The topological polar surface area (TPSA) is 78.9 Å². The van der Waals surface area contributed by atoms with E-state index in [-0.39, 0.29) is 31.1 Å². The van der Waals surface area contributed by atoms with Gasteiger partial charge in [0.2, 0.25) is 0 Å². The third kappa shape index (κ3) is 64.5. The highest BCUT2D eigenvalue weighted by molar-refractivity contribution is 5.71. The van der Waals surface area contributed by atoms with Crippen molar-refractivity contribution < 1.29 is 28.6 Å². The largest absolute Gasteiger partial charge is 0.462 e. The number of hydrogen-bond donors (Lipinski definition) is 0. The van der Waals surface area contributed by atoms with Gasteiger partial charge in [0.25, 0.3) is 0 Å². The first-order valence-electron chi connectivity index (χ1n) is 35.0. The first-order valence-corrected chi connectivity index (χ1v) is 35.0. The molecule has 0 aromatic heterocycles. The highest BCUT2D eigenvalue weighted by Crippen LogP contribution is 2.18. The molecule has 0 radical (unpaired) electrons. The molecule has 0 heterocycles. The fraction of sp³-hybridized carbons (Fsp3) is 0.875. The highest BCUT2D eigenvalue weighted by Gasteiger charge is 2.19. The van der Waals surface area contributed by atoms with Crippen LogP contribution in [-0.2, 0) is 28.6 Å². The number of rotatable bonds is 65. The molecule has 0 saturated carbocycles. The van der Waals surface area contributed by atoms with Crippen molar-refractivity contribution in [3.8, 4) is 0 Å². The quantitative estimate of drug-likeness (QED) is 0.0261. The van der Waals surface area contributed by atoms with Crippen LogP contribution in [-0.4, -0.2) is 37.2 Å². The molecule has 0 amide bonds. The maximum Gasteiger partial charge on any atom is 0.306 e. The fourth-order valence-electron chi connectivity index (χ4n) is 10.6. The van der Waals surface area contributed by atoms with Crippen LogP contribution in [0.1, 0.15) is 387 Å². The minimum atomic E-state index is -0.773. The lowest BCUT2D eigenvalue weighted by molar-refractivity contribution is -0.167. The van der Waals surface area contributed by atoms with Crippen LogP contribution >= 0.6 is 0 Å². The van der Waals surface area contributed by atoms with Gasteiger partial charge in [0.15, 0.2) is 6.10 Å². The van der Waals surface area contributed by atoms with Crippen LogP contribution in [0, 0.1) is 0 Å². The van der Waals surface area contributed by atoms with Gasteiger partial charge in [-0.05, 0) is 70.6 Å². The molecular weight excluding hydrogens is 961 g/mol. The van der Waals surface area contributed by atoms with Gasteiger partial charge >= 0.3 is 17.9 Å². The van der Waals surface area contributed by atoms with Crippen molar-refractivity contribution in [3.63, 3.8) is 0 Å². The molecule has 0 aliphatic rings. The summed E-state index contributed by atoms with van der Waals surface area (Å²) in [6.07, 6.45) is 83.3. The van der Waals surface area contributed by atoms with E-state index in [1.165, 1.54) is 270 Å². The molecule has 0 rings (SSSR count). The molecule has 0 aromatic carbocycles. The Morgan fingerprint density at radius 3 is 0.769 bits per heavy atom. The average molecular weight is 1100 g/mol. The lowest BCUT2D eigenvalue weighted by atomic mass is 10.0. The first-order chi connectivity index (χ1) is 38.5. The second-order valence-corrected chi connectivity index (χ2v) is 23.8. The fourth-order valence-corrected chi connectivity index (χ4v) is 10.6. The van der Waals surface area contributed by atoms with E-state index in [0.29, 0.717) is 19.3 Å². The molecule has 0 fully saturated rings. The van der Waals surface area contributed by atoms with Crippen molar-refractivity contribution in [2.24, 2.45) is 0 Å². The molecule has 0 spiro atoms. The van der Waals surface area contributed by atoms with Crippen LogP contribution in [0.3, 0.4) is 0 Å². The van der Waals surface area contributed by atoms with E-state index in [0.717, 1.165) is 77.0 Å². The van der Waals surface area contributed by atoms with Gasteiger partial charge in [0.1, 0.15) is 13.2 Å². The second kappa shape index (κ2) is 67.1. The number of carbonyl (C=O) groups is 3. The van der Waals surface area contributed by atoms with Crippen molar-refractivity contribution in [2.45, 2.75) is 393 Å². The molecule has 0 aliphatic heterocycles. The van der Waals surface area contributed by atoms with Crippen molar-refractivity contribution in [3.05, 3.63) is 36.5 Å². The van der Waals surface area contributed by atoms with E-state index in [1.54, 1.807) is 0 Å². The summed E-state index contributed by atoms with van der Waals surface area (Å²) >= 11 is 0. The van der Waals surface area contributed by atoms with Gasteiger partial charge < -0.3 is 14.2 Å². The van der Waals surface area contributed by atoms with Crippen LogP contribution in [0.4, 0.5) is 0 Å². The minimum Gasteiger partial charge on any atom is -0.462 e. The number of hydrogen-bond acceptors (Lipinski definition) is 6. The van der Waals surface area contributed by atoms with E-state index in [9.17, 15) is 14.4 Å². The first kappa shape index (κ1) is 75.6. The molecule has 0 saturated heterocycles. The number of ether oxygens (including phenoxy) is 3. The summed E-state index contributed by atoms with van der Waals surface area (Å²) in [6.45, 7) is 6.63. The van der Waals surface area contributed by atoms with Crippen molar-refractivity contribution in [2.75, 3.05) is 13.2 Å². The van der Waals surface area contributed by atoms with Gasteiger partial charge in [-0.2, -0.15) is 0 Å². The van der Waals surface area contributed by atoms with E-state index in [2.05, 4.69) is 57.2 Å². The Balaban J connectivity index is 4.14. The molecule has 78 heavy (non-hydrogen) atoms. The number of allylic oxidation sites excluding steroid dienone is 6. The minimum absolute atomic E-state index is 0.0698. The normalized spacial score (nSPS) is 12.2. The molecule has 6 nitrogen and oxygen atoms in total. The lowest BCUT2D eigenvalue weighted by Crippen LogP contribution is -2.30. The molecule has 0 bridgehead atoms. The van der Waals surface area contributed by atoms with Gasteiger partial charge in [0.05, 0.1) is 0 Å². The molecule has 458 valence electrons. The molecule has 0 aromatic rings. The van der Waals surface area contributed by atoms with Crippen molar-refractivity contribution in [1.82, 2.24) is 0 Å². The zero-order valence-corrected chi connectivity index (χ0v) is 52.7. The standard InChI is InChI=1S/C72H134O6/c1-4-7-10-13-16-19-22-24-26-28-30-32-34-35-36-37-39-40-42-44-46-48-50-53-56-59-62-65-71(74)77-68-69(67-76-70(73)64-61-58-55-52-21-18-15-12-9-6-3)78-72(75)66-63-60-57-54-51-49-47-45-43-41-38-33-31-29-27-25-23-20-17-14-11-8-5-2/h12,15,22,24,28,30,69H,4-11,13-14,16-21,23,25-27,29,31-68H2,1-3H3/b15-12-,24-22-,30-28-. The number of carbonyl (C=O) groups excluding carboxylic acids is 3. The molecule has 1 atom stereocenters. The Hall–Kier alpha value is -2.37. The van der Waals surface area contributed by atoms with Crippen molar-refractivity contribution in [1.29, 1.82) is 0 Å². The summed E-state index contributed by atoms with van der Waals surface area (Å²) in [7, 11) is 0. The van der Waals surface area contributed by atoms with Gasteiger partial charge in [-0.25, -0.2) is 0 Å². The lowest BCUT2D eigenvalue weighted by Gasteiger charge is -2.18. The molecule has 0 N–H and O–H groups in total. The van der Waals surface area contributed by atoms with E-state index in [1.807, 2.05) is 0 Å². The van der Waals surface area contributed by atoms with Gasteiger partial charge in [0, 0.05) is 19.3 Å². The third-order valence-electron chi connectivity index (χ3n) is 15.8. The van der Waals surface area contributed by atoms with Gasteiger partial charge in [-0.1, -0.05) is 333 Å². The Bertz CT molecular complexity index is 1300. The van der Waals surface area contributed by atoms with Crippen LogP contribution < -0.4 is 0 Å². The smallest absolute Gasteiger partial charge is 0.306 e. The highest BCUT2D eigenvalue weighted by atomic mass is 16.6. The third-order valence-corrected chi connectivity index (χ3v) is 15.8. The summed E-state index contributed by atoms with van der Waals surface area (Å²) in [6, 6.07) is 0. The summed E-state index contributed by atoms with van der Waals surface area (Å²) in [5.74, 6) is -0.854. The summed E-state index contributed by atoms with van der Waals surface area (Å²) in [5, 5.41) is 0. The molecule has 0 aliphatic carbocycles. The monoisotopic (exact) mass is 1100 g/mol. The van der Waals surface area contributed by atoms with Crippen LogP contribution in [0.25, 0.3) is 0 Å². The predicted molar refractivity (Wildman–Crippen MR) is 339 cm³/mol. The Morgan fingerprint density at radius 1 is 0.256 bits per heavy atom. The van der Waals surface area contributed by atoms with Gasteiger partial charge in [-0.15, -0.1) is 0 Å². The molecule has 1 unspecified atom stereocenters. The average Bonchev–Trinajstić information content (AvgIpc) is 3.44. The van der Waals surface area contributed by atoms with Crippen LogP contribution in [0.15, 0.2) is 36.5 Å². The Labute approximate surface area is 486 Å². The Kier molecular flexibility index (Phi) is 65.1. The van der Waals surface area contributed by atoms with Crippen molar-refractivity contribution >= 4 is 17.9 Å². The number of esters is 3. The van der Waals surface area contributed by atoms with E-state index in [4.69, 9.17) is 14.2 Å². The summed E-state index contributed by atoms with van der Waals surface area (Å²) in [4.78, 5) is 38.3. The second-order valence-electron chi connectivity index (χ2n) is 23.8. The van der Waals surface area contributed by atoms with Crippen LogP contribution in [0.2, 0.25) is 0 Å². The predicted octanol–water partition coefficient (Wildman–Crippen LogP) is 23.9.